The summed E-state index contributed by atoms with van der Waals surface area (Å²) >= 11 is 3.41. The van der Waals surface area contributed by atoms with Gasteiger partial charge in [0.1, 0.15) is 0 Å². The fraction of sp³-hybridized carbons (Fsp3) is 0.417. The van der Waals surface area contributed by atoms with Gasteiger partial charge < -0.3 is 9.64 Å². The molecular formula is C12H16BrNO2. The predicted molar refractivity (Wildman–Crippen MR) is 67.5 cm³/mol. The first kappa shape index (κ1) is 13.2. The third-order valence-corrected chi connectivity index (χ3v) is 2.95. The Morgan fingerprint density at radius 1 is 1.50 bits per heavy atom. The summed E-state index contributed by atoms with van der Waals surface area (Å²) in [6, 6.07) is 5.59. The number of benzene rings is 1. The Balaban J connectivity index is 3.03. The molecule has 1 aromatic carbocycles. The van der Waals surface area contributed by atoms with Gasteiger partial charge in [0, 0.05) is 11.0 Å². The molecule has 0 atom stereocenters. The molecule has 0 amide bonds. The highest BCUT2D eigenvalue weighted by atomic mass is 79.9. The van der Waals surface area contributed by atoms with Crippen LogP contribution in [-0.4, -0.2) is 31.6 Å². The van der Waals surface area contributed by atoms with E-state index in [0.29, 0.717) is 5.56 Å². The minimum absolute atomic E-state index is 0.285. The van der Waals surface area contributed by atoms with Crippen molar-refractivity contribution in [1.82, 2.24) is 4.90 Å². The molecule has 0 saturated heterocycles. The van der Waals surface area contributed by atoms with E-state index in [1.807, 2.05) is 19.2 Å². The van der Waals surface area contributed by atoms with Gasteiger partial charge in [-0.3, -0.25) is 0 Å². The largest absolute Gasteiger partial charge is 0.465 e. The number of methoxy groups -OCH3 is 1. The Morgan fingerprint density at radius 3 is 2.75 bits per heavy atom. The molecule has 0 aliphatic rings. The molecule has 0 fully saturated rings. The van der Waals surface area contributed by atoms with Crippen LogP contribution < -0.4 is 0 Å². The number of rotatable bonds is 4. The number of carbonyl (C=O) groups excluding carboxylic acids is 1. The normalized spacial score (nSPS) is 10.6. The molecule has 0 bridgehead atoms. The van der Waals surface area contributed by atoms with Crippen LogP contribution in [0.5, 0.6) is 0 Å². The van der Waals surface area contributed by atoms with Crippen molar-refractivity contribution in [3.8, 4) is 0 Å². The molecule has 0 spiro atoms. The summed E-state index contributed by atoms with van der Waals surface area (Å²) in [7, 11) is 3.42. The third kappa shape index (κ3) is 3.32. The number of esters is 1. The zero-order valence-electron chi connectivity index (χ0n) is 9.79. The Morgan fingerprint density at radius 2 is 2.19 bits per heavy atom. The van der Waals surface area contributed by atoms with Gasteiger partial charge in [0.05, 0.1) is 12.7 Å². The van der Waals surface area contributed by atoms with Crippen LogP contribution >= 0.6 is 15.9 Å². The molecule has 0 saturated carbocycles. The van der Waals surface area contributed by atoms with E-state index in [1.165, 1.54) is 7.11 Å². The maximum atomic E-state index is 11.6. The Hall–Kier alpha value is -0.870. The summed E-state index contributed by atoms with van der Waals surface area (Å²) in [6.45, 7) is 3.75. The number of ether oxygens (including phenoxy) is 1. The van der Waals surface area contributed by atoms with E-state index in [0.717, 1.165) is 23.1 Å². The maximum absolute atomic E-state index is 11.6. The van der Waals surface area contributed by atoms with Crippen molar-refractivity contribution in [2.75, 3.05) is 20.7 Å². The number of nitrogens with zero attached hydrogens (tertiary/aromatic N) is 1. The monoisotopic (exact) mass is 285 g/mol. The Bertz CT molecular complexity index is 379. The molecular weight excluding hydrogens is 270 g/mol. The molecule has 16 heavy (non-hydrogen) atoms. The predicted octanol–water partition coefficient (Wildman–Crippen LogP) is 2.69. The lowest BCUT2D eigenvalue weighted by Crippen LogP contribution is -2.19. The van der Waals surface area contributed by atoms with Crippen molar-refractivity contribution >= 4 is 21.9 Å². The molecule has 4 heteroatoms. The van der Waals surface area contributed by atoms with Crippen molar-refractivity contribution in [3.05, 3.63) is 33.8 Å². The second kappa shape index (κ2) is 6.01. The SMILES string of the molecule is CCN(C)Cc1cc(Br)ccc1C(=O)OC. The summed E-state index contributed by atoms with van der Waals surface area (Å²) in [5.41, 5.74) is 1.61. The van der Waals surface area contributed by atoms with Crippen LogP contribution in [0.3, 0.4) is 0 Å². The summed E-state index contributed by atoms with van der Waals surface area (Å²) in [5.74, 6) is -0.285. The van der Waals surface area contributed by atoms with Crippen molar-refractivity contribution < 1.29 is 9.53 Å². The topological polar surface area (TPSA) is 29.5 Å². The van der Waals surface area contributed by atoms with E-state index in [9.17, 15) is 4.79 Å². The number of halogens is 1. The van der Waals surface area contributed by atoms with Crippen LogP contribution in [0, 0.1) is 0 Å². The average molecular weight is 286 g/mol. The average Bonchev–Trinajstić information content (AvgIpc) is 2.28. The van der Waals surface area contributed by atoms with E-state index >= 15 is 0 Å². The van der Waals surface area contributed by atoms with Gasteiger partial charge in [0.15, 0.2) is 0 Å². The van der Waals surface area contributed by atoms with E-state index < -0.39 is 0 Å². The molecule has 1 rings (SSSR count). The molecule has 0 radical (unpaired) electrons. The summed E-state index contributed by atoms with van der Waals surface area (Å²) < 4.78 is 5.73. The van der Waals surface area contributed by atoms with E-state index in [4.69, 9.17) is 4.74 Å². The van der Waals surface area contributed by atoms with Gasteiger partial charge in [-0.05, 0) is 37.4 Å². The number of hydrogen-bond donors (Lipinski definition) is 0. The molecule has 0 aromatic heterocycles. The van der Waals surface area contributed by atoms with Crippen LogP contribution in [0.4, 0.5) is 0 Å². The molecule has 0 unspecified atom stereocenters. The molecule has 0 N–H and O–H groups in total. The quantitative estimate of drug-likeness (QED) is 0.797. The van der Waals surface area contributed by atoms with Crippen LogP contribution in [0.2, 0.25) is 0 Å². The van der Waals surface area contributed by atoms with Crippen LogP contribution in [-0.2, 0) is 11.3 Å². The number of hydrogen-bond acceptors (Lipinski definition) is 3. The second-order valence-corrected chi connectivity index (χ2v) is 4.54. The lowest BCUT2D eigenvalue weighted by molar-refractivity contribution is 0.0598. The van der Waals surface area contributed by atoms with Gasteiger partial charge in [-0.2, -0.15) is 0 Å². The number of carbonyl (C=O) groups is 1. The third-order valence-electron chi connectivity index (χ3n) is 2.45. The summed E-state index contributed by atoms with van der Waals surface area (Å²) in [5, 5.41) is 0. The molecule has 3 nitrogen and oxygen atoms in total. The van der Waals surface area contributed by atoms with Crippen LogP contribution in [0.1, 0.15) is 22.8 Å². The van der Waals surface area contributed by atoms with Gasteiger partial charge in [-0.25, -0.2) is 4.79 Å². The first-order chi connectivity index (χ1) is 7.58. The molecule has 0 heterocycles. The maximum Gasteiger partial charge on any atom is 0.338 e. The fourth-order valence-electron chi connectivity index (χ4n) is 1.40. The zero-order chi connectivity index (χ0) is 12.1. The van der Waals surface area contributed by atoms with Crippen LogP contribution in [0.15, 0.2) is 22.7 Å². The first-order valence-corrected chi connectivity index (χ1v) is 5.93. The smallest absolute Gasteiger partial charge is 0.338 e. The summed E-state index contributed by atoms with van der Waals surface area (Å²) in [4.78, 5) is 13.7. The zero-order valence-corrected chi connectivity index (χ0v) is 11.4. The fourth-order valence-corrected chi connectivity index (χ4v) is 1.81. The van der Waals surface area contributed by atoms with Gasteiger partial charge in [0.25, 0.3) is 0 Å². The van der Waals surface area contributed by atoms with Crippen molar-refractivity contribution in [1.29, 1.82) is 0 Å². The molecule has 1 aromatic rings. The van der Waals surface area contributed by atoms with E-state index in [2.05, 4.69) is 27.8 Å². The lowest BCUT2D eigenvalue weighted by atomic mass is 10.1. The van der Waals surface area contributed by atoms with Gasteiger partial charge in [0.2, 0.25) is 0 Å². The Kier molecular flexibility index (Phi) is 4.96. The van der Waals surface area contributed by atoms with E-state index in [-0.39, 0.29) is 5.97 Å². The van der Waals surface area contributed by atoms with Gasteiger partial charge >= 0.3 is 5.97 Å². The Labute approximate surface area is 105 Å². The highest BCUT2D eigenvalue weighted by Crippen LogP contribution is 2.18. The first-order valence-electron chi connectivity index (χ1n) is 5.13. The van der Waals surface area contributed by atoms with Gasteiger partial charge in [-0.15, -0.1) is 0 Å². The molecule has 0 aliphatic carbocycles. The van der Waals surface area contributed by atoms with Crippen molar-refractivity contribution in [3.63, 3.8) is 0 Å². The highest BCUT2D eigenvalue weighted by Gasteiger charge is 2.12. The molecule has 88 valence electrons. The lowest BCUT2D eigenvalue weighted by Gasteiger charge is -2.16. The summed E-state index contributed by atoms with van der Waals surface area (Å²) in [6.07, 6.45) is 0. The van der Waals surface area contributed by atoms with Gasteiger partial charge in [-0.1, -0.05) is 22.9 Å². The second-order valence-electron chi connectivity index (χ2n) is 3.62. The minimum Gasteiger partial charge on any atom is -0.465 e. The molecule has 0 aliphatic heterocycles. The van der Waals surface area contributed by atoms with Crippen LogP contribution in [0.25, 0.3) is 0 Å². The van der Waals surface area contributed by atoms with Crippen molar-refractivity contribution in [2.24, 2.45) is 0 Å². The highest BCUT2D eigenvalue weighted by molar-refractivity contribution is 9.10. The standard InChI is InChI=1S/C12H16BrNO2/c1-4-14(2)8-9-7-10(13)5-6-11(9)12(15)16-3/h5-7H,4,8H2,1-3H3. The van der Waals surface area contributed by atoms with E-state index in [1.54, 1.807) is 6.07 Å². The minimum atomic E-state index is -0.285. The van der Waals surface area contributed by atoms with Crippen molar-refractivity contribution in [2.45, 2.75) is 13.5 Å².